The quantitative estimate of drug-likeness (QED) is 0.400. The topological polar surface area (TPSA) is 138 Å². The van der Waals surface area contributed by atoms with Crippen LogP contribution in [0.4, 0.5) is 0 Å². The van der Waals surface area contributed by atoms with Gasteiger partial charge in [0.1, 0.15) is 5.75 Å². The lowest BCUT2D eigenvalue weighted by molar-refractivity contribution is -0.0236. The zero-order chi connectivity index (χ0) is 14.3. The summed E-state index contributed by atoms with van der Waals surface area (Å²) in [5, 5.41) is 11.5. The van der Waals surface area contributed by atoms with Crippen molar-refractivity contribution in [3.8, 4) is 5.75 Å². The van der Waals surface area contributed by atoms with Crippen LogP contribution in [0, 0.1) is 0 Å². The molecule has 0 fully saturated rings. The number of aromatic nitrogens is 1. The molecular formula is C8H12N2O7P2+2. The van der Waals surface area contributed by atoms with Gasteiger partial charge in [-0.25, -0.2) is 0 Å². The van der Waals surface area contributed by atoms with Crippen LogP contribution >= 0.6 is 16.5 Å². The molecule has 2 unspecified atom stereocenters. The second kappa shape index (κ2) is 8.19. The highest BCUT2D eigenvalue weighted by atomic mass is 31.1. The first-order chi connectivity index (χ1) is 8.97. The van der Waals surface area contributed by atoms with Gasteiger partial charge in [0, 0.05) is 27.8 Å². The van der Waals surface area contributed by atoms with Crippen molar-refractivity contribution in [2.45, 2.75) is 12.8 Å². The summed E-state index contributed by atoms with van der Waals surface area (Å²) in [5.74, 6) is 0.0378. The Morgan fingerprint density at radius 2 is 1.89 bits per heavy atom. The molecule has 9 nitrogen and oxygen atoms in total. The third-order valence-electron chi connectivity index (χ3n) is 1.87. The Hall–Kier alpha value is -1.05. The van der Waals surface area contributed by atoms with E-state index in [-0.39, 0.29) is 12.3 Å². The third-order valence-corrected chi connectivity index (χ3v) is 2.62. The van der Waals surface area contributed by atoms with Gasteiger partial charge in [-0.05, 0) is 12.1 Å². The molecule has 1 aromatic heterocycles. The van der Waals surface area contributed by atoms with Gasteiger partial charge >= 0.3 is 22.9 Å². The fraction of sp³-hybridized carbons (Fsp3) is 0.375. The molecule has 1 heterocycles. The van der Waals surface area contributed by atoms with Gasteiger partial charge in [0.25, 0.3) is 0 Å². The van der Waals surface area contributed by atoms with Crippen molar-refractivity contribution >= 4 is 16.5 Å². The molecule has 11 heteroatoms. The minimum Gasteiger partial charge on any atom is -0.506 e. The minimum atomic E-state index is -2.97. The molecular weight excluding hydrogens is 298 g/mol. The average molecular weight is 310 g/mol. The lowest BCUT2D eigenvalue weighted by atomic mass is 10.2. The van der Waals surface area contributed by atoms with E-state index in [1.54, 1.807) is 6.07 Å². The summed E-state index contributed by atoms with van der Waals surface area (Å²) in [6, 6.07) is 3.05. The van der Waals surface area contributed by atoms with Gasteiger partial charge in [-0.2, -0.15) is 0 Å². The Labute approximate surface area is 110 Å². The molecule has 0 radical (unpaired) electrons. The van der Waals surface area contributed by atoms with Gasteiger partial charge in [0.2, 0.25) is 0 Å². The molecule has 2 atom stereocenters. The maximum atomic E-state index is 10.5. The van der Waals surface area contributed by atoms with Gasteiger partial charge in [0.15, 0.2) is 0 Å². The molecule has 0 aromatic carbocycles. The highest BCUT2D eigenvalue weighted by Crippen LogP contribution is 2.24. The molecule has 0 aliphatic rings. The Morgan fingerprint density at radius 3 is 2.37 bits per heavy atom. The van der Waals surface area contributed by atoms with Gasteiger partial charge in [-0.15, -0.1) is 9.79 Å². The van der Waals surface area contributed by atoms with Crippen LogP contribution < -0.4 is 5.32 Å². The van der Waals surface area contributed by atoms with Crippen molar-refractivity contribution in [1.82, 2.24) is 10.3 Å². The van der Waals surface area contributed by atoms with Crippen molar-refractivity contribution in [1.29, 1.82) is 0 Å². The van der Waals surface area contributed by atoms with Crippen LogP contribution in [-0.4, -0.2) is 32.8 Å². The van der Waals surface area contributed by atoms with Crippen LogP contribution in [0.25, 0.3) is 0 Å². The fourth-order valence-corrected chi connectivity index (χ4v) is 1.77. The zero-order valence-electron chi connectivity index (χ0n) is 9.54. The molecule has 0 saturated carbocycles. The number of hydrogen-bond donors (Lipinski definition) is 4. The summed E-state index contributed by atoms with van der Waals surface area (Å²) in [7, 11) is -5.94. The van der Waals surface area contributed by atoms with E-state index in [0.29, 0.717) is 12.1 Å². The van der Waals surface area contributed by atoms with Crippen molar-refractivity contribution in [3.05, 3.63) is 24.0 Å². The van der Waals surface area contributed by atoms with Gasteiger partial charge in [-0.1, -0.05) is 9.05 Å². The summed E-state index contributed by atoms with van der Waals surface area (Å²) in [6.07, 6.45) is 0.197. The molecule has 19 heavy (non-hydrogen) atoms. The smallest absolute Gasteiger partial charge is 0.506 e. The van der Waals surface area contributed by atoms with E-state index in [2.05, 4.69) is 19.3 Å². The maximum absolute atomic E-state index is 10.5. The number of rotatable bonds is 8. The van der Waals surface area contributed by atoms with Crippen LogP contribution in [-0.2, 0) is 24.6 Å². The maximum Gasteiger partial charge on any atom is 0.699 e. The van der Waals surface area contributed by atoms with Crippen LogP contribution in [0.3, 0.4) is 0 Å². The number of pyridine rings is 1. The molecule has 0 aliphatic heterocycles. The molecule has 0 aliphatic carbocycles. The first kappa shape index (κ1) is 16.0. The molecule has 1 aromatic rings. The van der Waals surface area contributed by atoms with E-state index >= 15 is 0 Å². The number of nitrogens with one attached hydrogen (secondary N) is 1. The monoisotopic (exact) mass is 310 g/mol. The van der Waals surface area contributed by atoms with Crippen LogP contribution in [0.5, 0.6) is 5.75 Å². The Bertz CT molecular complexity index is 425. The predicted octanol–water partition coefficient (Wildman–Crippen LogP) is 0.535. The van der Waals surface area contributed by atoms with Crippen molar-refractivity contribution < 1.29 is 33.1 Å². The lowest BCUT2D eigenvalue weighted by Crippen LogP contribution is -2.32. The van der Waals surface area contributed by atoms with Crippen molar-refractivity contribution in [2.24, 2.45) is 0 Å². The van der Waals surface area contributed by atoms with Crippen molar-refractivity contribution in [3.63, 3.8) is 0 Å². The largest absolute Gasteiger partial charge is 0.699 e. The SMILES string of the molecule is O=[P+](O)OC(NCCc1ccc(O)cn1)O[P+](=O)O. The van der Waals surface area contributed by atoms with Gasteiger partial charge in [-0.3, -0.25) is 10.3 Å². The summed E-state index contributed by atoms with van der Waals surface area (Å²) in [5.41, 5.74) is 0.644. The average Bonchev–Trinajstić information content (AvgIpc) is 2.30. The van der Waals surface area contributed by atoms with E-state index in [4.69, 9.17) is 14.9 Å². The van der Waals surface area contributed by atoms with Gasteiger partial charge in [0.05, 0.1) is 6.20 Å². The van der Waals surface area contributed by atoms with Crippen LogP contribution in [0.15, 0.2) is 18.3 Å². The summed E-state index contributed by atoms with van der Waals surface area (Å²) in [4.78, 5) is 21.0. The fourth-order valence-electron chi connectivity index (χ4n) is 1.14. The number of hydrogen-bond acceptors (Lipinski definition) is 7. The predicted molar refractivity (Wildman–Crippen MR) is 63.2 cm³/mol. The third kappa shape index (κ3) is 7.19. The highest BCUT2D eigenvalue weighted by molar-refractivity contribution is 7.32. The Balaban J connectivity index is 2.40. The highest BCUT2D eigenvalue weighted by Gasteiger charge is 2.31. The molecule has 0 spiro atoms. The second-order valence-corrected chi connectivity index (χ2v) is 4.60. The standard InChI is InChI=1S/C8H10N2O7P2/c11-7-2-1-6(10-5-7)3-4-9-8(16-18(12)13)17-19(14)15/h1-2,5,8-9H,3-4H2,(H-2,11,12,13,14,15)/p+2. The minimum absolute atomic E-state index is 0.0378. The van der Waals surface area contributed by atoms with Gasteiger partial charge < -0.3 is 5.11 Å². The lowest BCUT2D eigenvalue weighted by Gasteiger charge is -2.06. The molecule has 0 amide bonds. The van der Waals surface area contributed by atoms with E-state index in [1.165, 1.54) is 12.3 Å². The van der Waals surface area contributed by atoms with E-state index < -0.39 is 22.9 Å². The van der Waals surface area contributed by atoms with Crippen LogP contribution in [0.2, 0.25) is 0 Å². The van der Waals surface area contributed by atoms with E-state index in [0.717, 1.165) is 0 Å². The molecule has 1 rings (SSSR count). The van der Waals surface area contributed by atoms with E-state index in [9.17, 15) is 9.13 Å². The Kier molecular flexibility index (Phi) is 6.90. The summed E-state index contributed by atoms with van der Waals surface area (Å²) in [6.45, 7) is 0.217. The summed E-state index contributed by atoms with van der Waals surface area (Å²) >= 11 is 0. The number of aromatic hydroxyl groups is 1. The zero-order valence-corrected chi connectivity index (χ0v) is 11.3. The molecule has 4 N–H and O–H groups in total. The molecule has 104 valence electrons. The normalized spacial score (nSPS) is 14.0. The first-order valence-corrected chi connectivity index (χ1v) is 7.26. The first-order valence-electron chi connectivity index (χ1n) is 5.00. The van der Waals surface area contributed by atoms with E-state index in [1.807, 2.05) is 0 Å². The van der Waals surface area contributed by atoms with Crippen molar-refractivity contribution in [2.75, 3.05) is 6.54 Å². The Morgan fingerprint density at radius 1 is 1.26 bits per heavy atom. The molecule has 0 saturated heterocycles. The second-order valence-electron chi connectivity index (χ2n) is 3.23. The summed E-state index contributed by atoms with van der Waals surface area (Å²) < 4.78 is 29.6. The van der Waals surface area contributed by atoms with Crippen LogP contribution in [0.1, 0.15) is 5.69 Å². The number of nitrogens with zero attached hydrogens (tertiary/aromatic N) is 1. The molecule has 0 bridgehead atoms.